The summed E-state index contributed by atoms with van der Waals surface area (Å²) in [6, 6.07) is 0.742. The van der Waals surface area contributed by atoms with E-state index in [2.05, 4.69) is 5.10 Å². The number of aromatic nitrogens is 2. The van der Waals surface area contributed by atoms with Crippen LogP contribution < -0.4 is 0 Å². The van der Waals surface area contributed by atoms with Gasteiger partial charge in [-0.3, -0.25) is 9.58 Å². The molecule has 1 aliphatic rings. The quantitative estimate of drug-likeness (QED) is 0.904. The van der Waals surface area contributed by atoms with E-state index in [4.69, 9.17) is 9.84 Å². The average molecular weight is 313 g/mol. The Morgan fingerprint density at radius 2 is 2.09 bits per heavy atom. The molecule has 8 heteroatoms. The highest BCUT2D eigenvalue weighted by Gasteiger charge is 2.40. The number of aryl methyl sites for hydroxylation is 1. The Bertz CT molecular complexity index is 593. The first-order valence-electron chi connectivity index (χ1n) is 6.99. The van der Waals surface area contributed by atoms with Crippen LogP contribution in [0.5, 0.6) is 0 Å². The number of halogens is 1. The second kappa shape index (κ2) is 5.58. The van der Waals surface area contributed by atoms with Crippen molar-refractivity contribution in [1.82, 2.24) is 14.7 Å². The molecular formula is C14H20FN3O4. The van der Waals surface area contributed by atoms with Crippen LogP contribution in [-0.4, -0.2) is 50.2 Å². The van der Waals surface area contributed by atoms with E-state index in [0.717, 1.165) is 0 Å². The van der Waals surface area contributed by atoms with E-state index in [0.29, 0.717) is 5.69 Å². The van der Waals surface area contributed by atoms with Crippen LogP contribution in [0.15, 0.2) is 6.07 Å². The summed E-state index contributed by atoms with van der Waals surface area (Å²) in [5.74, 6) is -1.13. The lowest BCUT2D eigenvalue weighted by Gasteiger charge is -2.27. The molecule has 2 atom stereocenters. The standard InChI is InChI=1S/C14H20FN3O4/c1-14(2,3)22-13(21)18-7-8(15)5-10(18)9-6-11(12(19)20)17(4)16-9/h6,8,10H,5,7H2,1-4H3,(H,19,20)/t8-,10+/m1/s1. The first-order chi connectivity index (χ1) is 10.1. The van der Waals surface area contributed by atoms with Crippen molar-refractivity contribution in [3.63, 3.8) is 0 Å². The van der Waals surface area contributed by atoms with Gasteiger partial charge in [0.05, 0.1) is 18.3 Å². The maximum atomic E-state index is 13.8. The molecule has 0 unspecified atom stereocenters. The fourth-order valence-corrected chi connectivity index (χ4v) is 2.44. The number of carbonyl (C=O) groups excluding carboxylic acids is 1. The van der Waals surface area contributed by atoms with Gasteiger partial charge in [-0.1, -0.05) is 0 Å². The molecule has 0 bridgehead atoms. The van der Waals surface area contributed by atoms with Crippen LogP contribution in [0.1, 0.15) is 49.4 Å². The van der Waals surface area contributed by atoms with Crippen LogP contribution in [0.3, 0.4) is 0 Å². The van der Waals surface area contributed by atoms with Crippen LogP contribution in [0.4, 0.5) is 9.18 Å². The van der Waals surface area contributed by atoms with Gasteiger partial charge in [-0.15, -0.1) is 0 Å². The zero-order chi connectivity index (χ0) is 16.7. The van der Waals surface area contributed by atoms with Gasteiger partial charge in [0.25, 0.3) is 0 Å². The topological polar surface area (TPSA) is 84.7 Å². The summed E-state index contributed by atoms with van der Waals surface area (Å²) in [5.41, 5.74) is -0.348. The monoisotopic (exact) mass is 313 g/mol. The molecule has 1 aliphatic heterocycles. The molecule has 7 nitrogen and oxygen atoms in total. The van der Waals surface area contributed by atoms with Crippen molar-refractivity contribution in [2.24, 2.45) is 7.05 Å². The normalized spacial score (nSPS) is 22.0. The molecule has 2 heterocycles. The third-order valence-corrected chi connectivity index (χ3v) is 3.34. The highest BCUT2D eigenvalue weighted by Crippen LogP contribution is 2.34. The summed E-state index contributed by atoms with van der Waals surface area (Å²) < 4.78 is 20.2. The number of aromatic carboxylic acids is 1. The lowest BCUT2D eigenvalue weighted by atomic mass is 10.1. The number of rotatable bonds is 2. The number of amides is 1. The number of nitrogens with zero attached hydrogens (tertiary/aromatic N) is 3. The van der Waals surface area contributed by atoms with E-state index in [1.54, 1.807) is 20.8 Å². The maximum Gasteiger partial charge on any atom is 0.410 e. The fraction of sp³-hybridized carbons (Fsp3) is 0.643. The highest BCUT2D eigenvalue weighted by atomic mass is 19.1. The number of carbonyl (C=O) groups is 2. The molecule has 1 N–H and O–H groups in total. The predicted octanol–water partition coefficient (Wildman–Crippen LogP) is 2.14. The van der Waals surface area contributed by atoms with Gasteiger partial charge in [-0.05, 0) is 26.8 Å². The summed E-state index contributed by atoms with van der Waals surface area (Å²) in [6.07, 6.45) is -1.73. The first-order valence-corrected chi connectivity index (χ1v) is 6.99. The molecule has 0 radical (unpaired) electrons. The van der Waals surface area contributed by atoms with Gasteiger partial charge in [0.1, 0.15) is 17.5 Å². The van der Waals surface area contributed by atoms with Crippen molar-refractivity contribution in [2.75, 3.05) is 6.54 Å². The van der Waals surface area contributed by atoms with E-state index in [9.17, 15) is 14.0 Å². The summed E-state index contributed by atoms with van der Waals surface area (Å²) in [6.45, 7) is 5.10. The predicted molar refractivity (Wildman–Crippen MR) is 75.4 cm³/mol. The zero-order valence-corrected chi connectivity index (χ0v) is 13.0. The Kier molecular flexibility index (Phi) is 4.12. The minimum Gasteiger partial charge on any atom is -0.477 e. The second-order valence-corrected chi connectivity index (χ2v) is 6.36. The highest BCUT2D eigenvalue weighted by molar-refractivity contribution is 5.85. The molecule has 2 rings (SSSR count). The van der Waals surface area contributed by atoms with Gasteiger partial charge in [0.15, 0.2) is 0 Å². The second-order valence-electron chi connectivity index (χ2n) is 6.36. The van der Waals surface area contributed by atoms with Gasteiger partial charge in [0, 0.05) is 13.5 Å². The molecule has 0 saturated carbocycles. The first kappa shape index (κ1) is 16.3. The van der Waals surface area contributed by atoms with Crippen LogP contribution in [-0.2, 0) is 11.8 Å². The van der Waals surface area contributed by atoms with Crippen molar-refractivity contribution in [3.8, 4) is 0 Å². The molecule has 1 aromatic rings. The molecule has 22 heavy (non-hydrogen) atoms. The number of likely N-dealkylation sites (tertiary alicyclic amines) is 1. The van der Waals surface area contributed by atoms with Gasteiger partial charge in [-0.2, -0.15) is 5.10 Å². The SMILES string of the molecule is Cn1nc([C@@H]2C[C@@H](F)CN2C(=O)OC(C)(C)C)cc1C(=O)O. The molecule has 0 aliphatic carbocycles. The average Bonchev–Trinajstić information content (AvgIpc) is 2.90. The van der Waals surface area contributed by atoms with E-state index < -0.39 is 29.9 Å². The van der Waals surface area contributed by atoms with Gasteiger partial charge >= 0.3 is 12.1 Å². The molecule has 1 amide bonds. The largest absolute Gasteiger partial charge is 0.477 e. The number of hydrogen-bond acceptors (Lipinski definition) is 4. The third kappa shape index (κ3) is 3.37. The smallest absolute Gasteiger partial charge is 0.410 e. The summed E-state index contributed by atoms with van der Waals surface area (Å²) in [4.78, 5) is 24.5. The van der Waals surface area contributed by atoms with Gasteiger partial charge in [0.2, 0.25) is 0 Å². The summed E-state index contributed by atoms with van der Waals surface area (Å²) >= 11 is 0. The Hall–Kier alpha value is -2.12. The maximum absolute atomic E-state index is 13.8. The number of carboxylic acid groups (broad SMARTS) is 1. The van der Waals surface area contributed by atoms with Crippen molar-refractivity contribution < 1.29 is 23.8 Å². The van der Waals surface area contributed by atoms with Gasteiger partial charge in [-0.25, -0.2) is 14.0 Å². The third-order valence-electron chi connectivity index (χ3n) is 3.34. The lowest BCUT2D eigenvalue weighted by molar-refractivity contribution is 0.0213. The molecule has 1 fully saturated rings. The minimum absolute atomic E-state index is 0.0125. The number of carboxylic acids is 1. The van der Waals surface area contributed by atoms with Gasteiger partial charge < -0.3 is 9.84 Å². The van der Waals surface area contributed by atoms with Crippen LogP contribution in [0, 0.1) is 0 Å². The van der Waals surface area contributed by atoms with Crippen LogP contribution in [0.25, 0.3) is 0 Å². The van der Waals surface area contributed by atoms with Crippen molar-refractivity contribution in [2.45, 2.75) is 45.0 Å². The summed E-state index contributed by atoms with van der Waals surface area (Å²) in [5, 5.41) is 13.2. The molecule has 122 valence electrons. The number of ether oxygens (including phenoxy) is 1. The Labute approximate surface area is 127 Å². The molecule has 1 aromatic heterocycles. The lowest BCUT2D eigenvalue weighted by Crippen LogP contribution is -2.37. The Morgan fingerprint density at radius 1 is 1.45 bits per heavy atom. The Morgan fingerprint density at radius 3 is 2.59 bits per heavy atom. The molecule has 0 aromatic carbocycles. The number of hydrogen-bond donors (Lipinski definition) is 1. The van der Waals surface area contributed by atoms with E-state index in [1.807, 2.05) is 0 Å². The fourth-order valence-electron chi connectivity index (χ4n) is 2.44. The van der Waals surface area contributed by atoms with Crippen molar-refractivity contribution in [3.05, 3.63) is 17.5 Å². The van der Waals surface area contributed by atoms with E-state index >= 15 is 0 Å². The summed E-state index contributed by atoms with van der Waals surface area (Å²) in [7, 11) is 1.49. The Balaban J connectivity index is 2.26. The van der Waals surface area contributed by atoms with E-state index in [1.165, 1.54) is 22.7 Å². The minimum atomic E-state index is -1.19. The molecule has 1 saturated heterocycles. The molecule has 0 spiro atoms. The van der Waals surface area contributed by atoms with Crippen molar-refractivity contribution >= 4 is 12.1 Å². The van der Waals surface area contributed by atoms with Crippen molar-refractivity contribution in [1.29, 1.82) is 0 Å². The number of alkyl halides is 1. The zero-order valence-electron chi connectivity index (χ0n) is 13.0. The molecular weight excluding hydrogens is 293 g/mol. The van der Waals surface area contributed by atoms with E-state index in [-0.39, 0.29) is 18.7 Å². The van der Waals surface area contributed by atoms with Crippen LogP contribution in [0.2, 0.25) is 0 Å². The van der Waals surface area contributed by atoms with Crippen LogP contribution >= 0.6 is 0 Å².